The molecule has 0 spiro atoms. The summed E-state index contributed by atoms with van der Waals surface area (Å²) in [5, 5.41) is 2.86. The van der Waals surface area contributed by atoms with E-state index < -0.39 is 9.84 Å². The maximum Gasteiger partial charge on any atom is 0.270 e. The smallest absolute Gasteiger partial charge is 0.270 e. The molecule has 7 nitrogen and oxygen atoms in total. The highest BCUT2D eigenvalue weighted by atomic mass is 32.2. The molecule has 0 radical (unpaired) electrons. The Morgan fingerprint density at radius 2 is 2.13 bits per heavy atom. The van der Waals surface area contributed by atoms with Gasteiger partial charge < -0.3 is 10.2 Å². The monoisotopic (exact) mass is 340 g/mol. The van der Waals surface area contributed by atoms with Crippen molar-refractivity contribution >= 4 is 21.7 Å². The van der Waals surface area contributed by atoms with E-state index in [1.54, 1.807) is 6.07 Å². The van der Waals surface area contributed by atoms with E-state index in [-0.39, 0.29) is 34.7 Å². The van der Waals surface area contributed by atoms with Gasteiger partial charge in [0.2, 0.25) is 5.95 Å². The average molecular weight is 340 g/mol. The zero-order valence-electron chi connectivity index (χ0n) is 14.0. The van der Waals surface area contributed by atoms with Crippen molar-refractivity contribution in [1.29, 1.82) is 0 Å². The first-order chi connectivity index (χ1) is 10.6. The van der Waals surface area contributed by atoms with Gasteiger partial charge in [0, 0.05) is 24.3 Å². The van der Waals surface area contributed by atoms with E-state index in [0.717, 1.165) is 0 Å². The molecule has 1 unspecified atom stereocenters. The second-order valence-corrected chi connectivity index (χ2v) is 9.02. The highest BCUT2D eigenvalue weighted by molar-refractivity contribution is 7.91. The predicted molar refractivity (Wildman–Crippen MR) is 89.3 cm³/mol. The van der Waals surface area contributed by atoms with Gasteiger partial charge in [-0.25, -0.2) is 18.4 Å². The Balaban J connectivity index is 2.22. The van der Waals surface area contributed by atoms with Crippen LogP contribution in [-0.2, 0) is 9.84 Å². The molecule has 0 aromatic carbocycles. The summed E-state index contributed by atoms with van der Waals surface area (Å²) in [4.78, 5) is 22.6. The molecule has 1 saturated heterocycles. The number of carbonyl (C=O) groups excluding carboxylic acids is 1. The molecule has 1 aromatic heterocycles. The number of amides is 1. The van der Waals surface area contributed by atoms with Crippen LogP contribution < -0.4 is 10.2 Å². The molecule has 1 aliphatic rings. The molecule has 1 atom stereocenters. The van der Waals surface area contributed by atoms with Gasteiger partial charge in [0.25, 0.3) is 5.91 Å². The molecule has 1 N–H and O–H groups in total. The first kappa shape index (κ1) is 17.7. The summed E-state index contributed by atoms with van der Waals surface area (Å²) in [6, 6.07) is 1.43. The zero-order valence-corrected chi connectivity index (χ0v) is 14.9. The van der Waals surface area contributed by atoms with E-state index in [0.29, 0.717) is 18.9 Å². The van der Waals surface area contributed by atoms with Crippen LogP contribution in [0.5, 0.6) is 0 Å². The molecule has 0 bridgehead atoms. The molecule has 128 valence electrons. The largest absolute Gasteiger partial charge is 0.346 e. The van der Waals surface area contributed by atoms with E-state index >= 15 is 0 Å². The molecule has 8 heteroatoms. The van der Waals surface area contributed by atoms with E-state index in [1.807, 2.05) is 32.6 Å². The molecule has 2 rings (SSSR count). The minimum Gasteiger partial charge on any atom is -0.346 e. The first-order valence-electron chi connectivity index (χ1n) is 7.74. The van der Waals surface area contributed by atoms with Gasteiger partial charge in [-0.1, -0.05) is 0 Å². The van der Waals surface area contributed by atoms with E-state index in [2.05, 4.69) is 15.3 Å². The molecule has 1 aliphatic heterocycles. The zero-order chi connectivity index (χ0) is 17.3. The molecule has 1 amide bonds. The lowest BCUT2D eigenvalue weighted by atomic mass is 10.1. The van der Waals surface area contributed by atoms with Gasteiger partial charge in [0.15, 0.2) is 9.84 Å². The highest BCUT2D eigenvalue weighted by Gasteiger charge is 2.33. The SMILES string of the molecule is CCN(c1nccc(C(=O)NC(C)(C)C)n1)C1CCS(=O)(=O)C1. The Bertz CT molecular complexity index is 682. The van der Waals surface area contributed by atoms with Crippen molar-refractivity contribution in [3.05, 3.63) is 18.0 Å². The summed E-state index contributed by atoms with van der Waals surface area (Å²) < 4.78 is 23.4. The lowest BCUT2D eigenvalue weighted by molar-refractivity contribution is 0.0914. The van der Waals surface area contributed by atoms with Crippen LogP contribution in [0, 0.1) is 0 Å². The molecular weight excluding hydrogens is 316 g/mol. The third kappa shape index (κ3) is 4.63. The molecule has 23 heavy (non-hydrogen) atoms. The summed E-state index contributed by atoms with van der Waals surface area (Å²) >= 11 is 0. The maximum absolute atomic E-state index is 12.2. The minimum absolute atomic E-state index is 0.114. The summed E-state index contributed by atoms with van der Waals surface area (Å²) in [5.74, 6) is 0.438. The molecule has 0 saturated carbocycles. The van der Waals surface area contributed by atoms with Crippen molar-refractivity contribution < 1.29 is 13.2 Å². The number of nitrogens with one attached hydrogen (secondary N) is 1. The van der Waals surface area contributed by atoms with Gasteiger partial charge in [0.1, 0.15) is 5.69 Å². The fourth-order valence-electron chi connectivity index (χ4n) is 2.60. The minimum atomic E-state index is -2.99. The molecular formula is C15H24N4O3S. The topological polar surface area (TPSA) is 92.3 Å². The second-order valence-electron chi connectivity index (χ2n) is 6.79. The third-order valence-electron chi connectivity index (χ3n) is 3.61. The van der Waals surface area contributed by atoms with E-state index in [9.17, 15) is 13.2 Å². The lowest BCUT2D eigenvalue weighted by Crippen LogP contribution is -2.41. The van der Waals surface area contributed by atoms with Gasteiger partial charge in [-0.05, 0) is 40.2 Å². The van der Waals surface area contributed by atoms with Gasteiger partial charge >= 0.3 is 0 Å². The number of anilines is 1. The number of carbonyl (C=O) groups is 1. The Labute approximate surface area is 137 Å². The number of rotatable bonds is 4. The van der Waals surface area contributed by atoms with Crippen LogP contribution in [0.3, 0.4) is 0 Å². The Morgan fingerprint density at radius 3 is 2.65 bits per heavy atom. The fraction of sp³-hybridized carbons (Fsp3) is 0.667. The van der Waals surface area contributed by atoms with Gasteiger partial charge in [0.05, 0.1) is 11.5 Å². The second kappa shape index (κ2) is 6.43. The molecule has 1 aromatic rings. The fourth-order valence-corrected chi connectivity index (χ4v) is 4.33. The predicted octanol–water partition coefficient (Wildman–Crippen LogP) is 1.02. The summed E-state index contributed by atoms with van der Waals surface area (Å²) in [5.41, 5.74) is -0.0733. The molecule has 2 heterocycles. The highest BCUT2D eigenvalue weighted by Crippen LogP contribution is 2.21. The summed E-state index contributed by atoms with van der Waals surface area (Å²) in [6.45, 7) is 8.21. The van der Waals surface area contributed by atoms with Crippen molar-refractivity contribution in [2.24, 2.45) is 0 Å². The van der Waals surface area contributed by atoms with Crippen LogP contribution in [-0.4, -0.2) is 53.9 Å². The maximum atomic E-state index is 12.2. The average Bonchev–Trinajstić information content (AvgIpc) is 2.78. The van der Waals surface area contributed by atoms with Crippen LogP contribution in [0.15, 0.2) is 12.3 Å². The lowest BCUT2D eigenvalue weighted by Gasteiger charge is -2.27. The van der Waals surface area contributed by atoms with Gasteiger partial charge in [-0.15, -0.1) is 0 Å². The van der Waals surface area contributed by atoms with Crippen LogP contribution in [0.1, 0.15) is 44.6 Å². The quantitative estimate of drug-likeness (QED) is 0.880. The molecule has 1 fully saturated rings. The summed E-state index contributed by atoms with van der Waals surface area (Å²) in [6.07, 6.45) is 2.10. The van der Waals surface area contributed by atoms with E-state index in [1.165, 1.54) is 6.20 Å². The molecule has 0 aliphatic carbocycles. The normalized spacial score (nSPS) is 20.3. The van der Waals surface area contributed by atoms with Crippen LogP contribution >= 0.6 is 0 Å². The number of hydrogen-bond acceptors (Lipinski definition) is 6. The number of aromatic nitrogens is 2. The van der Waals surface area contributed by atoms with Crippen molar-refractivity contribution in [3.63, 3.8) is 0 Å². The third-order valence-corrected chi connectivity index (χ3v) is 5.36. The Hall–Kier alpha value is -1.70. The number of hydrogen-bond donors (Lipinski definition) is 1. The van der Waals surface area contributed by atoms with Crippen molar-refractivity contribution in [1.82, 2.24) is 15.3 Å². The van der Waals surface area contributed by atoms with Gasteiger partial charge in [-0.3, -0.25) is 4.79 Å². The Kier molecular flexibility index (Phi) is 4.93. The van der Waals surface area contributed by atoms with Crippen molar-refractivity contribution in [2.75, 3.05) is 23.0 Å². The van der Waals surface area contributed by atoms with Gasteiger partial charge in [-0.2, -0.15) is 0 Å². The van der Waals surface area contributed by atoms with Crippen molar-refractivity contribution in [2.45, 2.75) is 45.7 Å². The summed E-state index contributed by atoms with van der Waals surface area (Å²) in [7, 11) is -2.99. The number of nitrogens with zero attached hydrogens (tertiary/aromatic N) is 3. The Morgan fingerprint density at radius 1 is 1.43 bits per heavy atom. The van der Waals surface area contributed by atoms with Crippen LogP contribution in [0.2, 0.25) is 0 Å². The van der Waals surface area contributed by atoms with E-state index in [4.69, 9.17) is 0 Å². The number of sulfone groups is 1. The van der Waals surface area contributed by atoms with Crippen molar-refractivity contribution in [3.8, 4) is 0 Å². The first-order valence-corrected chi connectivity index (χ1v) is 9.56. The van der Waals surface area contributed by atoms with Crippen LogP contribution in [0.4, 0.5) is 5.95 Å². The van der Waals surface area contributed by atoms with Crippen LogP contribution in [0.25, 0.3) is 0 Å². The standard InChI is InChI=1S/C15H24N4O3S/c1-5-19(11-7-9-23(21,22)10-11)14-16-8-6-12(17-14)13(20)18-15(2,3)4/h6,8,11H,5,7,9-10H2,1-4H3,(H,18,20).